The number of sulfonamides is 1. The summed E-state index contributed by atoms with van der Waals surface area (Å²) in [5.41, 5.74) is 2.03. The third kappa shape index (κ3) is 7.36. The van der Waals surface area contributed by atoms with Crippen LogP contribution in [0.25, 0.3) is 0 Å². The molecule has 7 nitrogen and oxygen atoms in total. The van der Waals surface area contributed by atoms with Gasteiger partial charge < -0.3 is 10.2 Å². The summed E-state index contributed by atoms with van der Waals surface area (Å²) in [4.78, 5) is 28.7. The van der Waals surface area contributed by atoms with Crippen molar-refractivity contribution < 1.29 is 18.0 Å². The van der Waals surface area contributed by atoms with E-state index in [2.05, 4.69) is 5.32 Å². The van der Waals surface area contributed by atoms with Gasteiger partial charge >= 0.3 is 0 Å². The molecule has 1 aliphatic carbocycles. The molecule has 0 radical (unpaired) electrons. The molecule has 0 saturated heterocycles. The first-order valence-electron chi connectivity index (χ1n) is 13.2. The number of nitrogens with zero attached hydrogens (tertiary/aromatic N) is 2. The molecule has 10 heteroatoms. The number of halogens is 2. The third-order valence-electron chi connectivity index (χ3n) is 7.09. The average molecular weight is 603 g/mol. The Kier molecular flexibility index (Phi) is 9.77. The molecule has 4 rings (SSSR count). The number of hydrogen-bond donors (Lipinski definition) is 1. The van der Waals surface area contributed by atoms with E-state index in [1.165, 1.54) is 35.2 Å². The fourth-order valence-corrected chi connectivity index (χ4v) is 6.73. The summed E-state index contributed by atoms with van der Waals surface area (Å²) in [5, 5.41) is 3.52. The molecule has 0 aliphatic heterocycles. The van der Waals surface area contributed by atoms with E-state index in [1.54, 1.807) is 25.1 Å². The van der Waals surface area contributed by atoms with Crippen LogP contribution in [0.5, 0.6) is 0 Å². The monoisotopic (exact) mass is 601 g/mol. The molecule has 1 saturated carbocycles. The Balaban J connectivity index is 1.69. The number of carbonyl (C=O) groups is 2. The van der Waals surface area contributed by atoms with Gasteiger partial charge in [0.05, 0.1) is 10.6 Å². The van der Waals surface area contributed by atoms with Gasteiger partial charge in [0.15, 0.2) is 0 Å². The SMILES string of the molecule is Cc1ccc(CN(C(=O)CN(c2cc(Cl)cc(Cl)c2)S(=O)(=O)c2ccccc2)C(C)C(=O)NC2CCCC2)cc1. The third-order valence-corrected chi connectivity index (χ3v) is 9.31. The molecular formula is C30H33Cl2N3O4S. The van der Waals surface area contributed by atoms with E-state index in [4.69, 9.17) is 23.2 Å². The first-order chi connectivity index (χ1) is 19.0. The summed E-state index contributed by atoms with van der Waals surface area (Å²) >= 11 is 12.5. The van der Waals surface area contributed by atoms with Gasteiger partial charge in [0.2, 0.25) is 11.8 Å². The Labute approximate surface area is 246 Å². The second kappa shape index (κ2) is 13.1. The molecule has 40 heavy (non-hydrogen) atoms. The van der Waals surface area contributed by atoms with Gasteiger partial charge in [-0.25, -0.2) is 8.42 Å². The predicted octanol–water partition coefficient (Wildman–Crippen LogP) is 5.97. The first kappa shape index (κ1) is 29.9. The minimum atomic E-state index is -4.19. The van der Waals surface area contributed by atoms with Crippen LogP contribution in [0.2, 0.25) is 10.0 Å². The Morgan fingerprint density at radius 1 is 0.950 bits per heavy atom. The highest BCUT2D eigenvalue weighted by atomic mass is 35.5. The van der Waals surface area contributed by atoms with E-state index >= 15 is 0 Å². The van der Waals surface area contributed by atoms with E-state index in [-0.39, 0.29) is 39.1 Å². The van der Waals surface area contributed by atoms with Crippen molar-refractivity contribution in [3.63, 3.8) is 0 Å². The second-order valence-electron chi connectivity index (χ2n) is 10.1. The van der Waals surface area contributed by atoms with Crippen molar-refractivity contribution in [3.05, 3.63) is 94.0 Å². The van der Waals surface area contributed by atoms with Crippen molar-refractivity contribution in [1.82, 2.24) is 10.2 Å². The molecule has 2 amide bonds. The molecule has 1 atom stereocenters. The van der Waals surface area contributed by atoms with Gasteiger partial charge in [-0.15, -0.1) is 0 Å². The predicted molar refractivity (Wildman–Crippen MR) is 159 cm³/mol. The largest absolute Gasteiger partial charge is 0.352 e. The zero-order valence-electron chi connectivity index (χ0n) is 22.5. The Morgan fingerprint density at radius 2 is 1.55 bits per heavy atom. The molecule has 0 bridgehead atoms. The molecular weight excluding hydrogens is 569 g/mol. The molecule has 212 valence electrons. The highest BCUT2D eigenvalue weighted by Gasteiger charge is 2.33. The summed E-state index contributed by atoms with van der Waals surface area (Å²) in [6.45, 7) is 3.21. The number of anilines is 1. The fourth-order valence-electron chi connectivity index (χ4n) is 4.80. The summed E-state index contributed by atoms with van der Waals surface area (Å²) in [6.07, 6.45) is 3.92. The molecule has 1 aliphatic rings. The highest BCUT2D eigenvalue weighted by Crippen LogP contribution is 2.30. The summed E-state index contributed by atoms with van der Waals surface area (Å²) in [5.74, 6) is -0.805. The number of rotatable bonds is 10. The van der Waals surface area contributed by atoms with Crippen molar-refractivity contribution in [2.75, 3.05) is 10.8 Å². The lowest BCUT2D eigenvalue weighted by Gasteiger charge is -2.32. The molecule has 0 heterocycles. The summed E-state index contributed by atoms with van der Waals surface area (Å²) in [6, 6.07) is 19.1. The topological polar surface area (TPSA) is 86.8 Å². The van der Waals surface area contributed by atoms with Crippen molar-refractivity contribution in [3.8, 4) is 0 Å². The normalized spacial score (nSPS) is 14.5. The van der Waals surface area contributed by atoms with Crippen LogP contribution in [-0.4, -0.2) is 43.8 Å². The first-order valence-corrected chi connectivity index (χ1v) is 15.4. The van der Waals surface area contributed by atoms with E-state index in [0.29, 0.717) is 0 Å². The molecule has 3 aromatic rings. The van der Waals surface area contributed by atoms with Crippen molar-refractivity contribution >= 4 is 50.7 Å². The smallest absolute Gasteiger partial charge is 0.264 e. The minimum Gasteiger partial charge on any atom is -0.352 e. The maximum Gasteiger partial charge on any atom is 0.264 e. The van der Waals surface area contributed by atoms with Gasteiger partial charge in [-0.2, -0.15) is 0 Å². The van der Waals surface area contributed by atoms with Crippen LogP contribution in [0.3, 0.4) is 0 Å². The van der Waals surface area contributed by atoms with Crippen molar-refractivity contribution in [1.29, 1.82) is 0 Å². The van der Waals surface area contributed by atoms with Crippen LogP contribution in [0.15, 0.2) is 77.7 Å². The van der Waals surface area contributed by atoms with Gasteiger partial charge in [0.1, 0.15) is 12.6 Å². The quantitative estimate of drug-likeness (QED) is 0.310. The van der Waals surface area contributed by atoms with Gasteiger partial charge in [-0.05, 0) is 62.6 Å². The summed E-state index contributed by atoms with van der Waals surface area (Å²) in [7, 11) is -4.19. The average Bonchev–Trinajstić information content (AvgIpc) is 3.43. The molecule has 3 aromatic carbocycles. The van der Waals surface area contributed by atoms with E-state index in [1.807, 2.05) is 31.2 Å². The zero-order valence-corrected chi connectivity index (χ0v) is 24.8. The van der Waals surface area contributed by atoms with Crippen LogP contribution < -0.4 is 9.62 Å². The maximum atomic E-state index is 14.0. The van der Waals surface area contributed by atoms with E-state index < -0.39 is 28.5 Å². The van der Waals surface area contributed by atoms with Gasteiger partial charge in [-0.3, -0.25) is 13.9 Å². The lowest BCUT2D eigenvalue weighted by molar-refractivity contribution is -0.139. The highest BCUT2D eigenvalue weighted by molar-refractivity contribution is 7.92. The maximum absolute atomic E-state index is 14.0. The van der Waals surface area contributed by atoms with Gasteiger partial charge in [0.25, 0.3) is 10.0 Å². The van der Waals surface area contributed by atoms with Crippen LogP contribution in [-0.2, 0) is 26.2 Å². The summed E-state index contributed by atoms with van der Waals surface area (Å²) < 4.78 is 28.7. The van der Waals surface area contributed by atoms with Crippen molar-refractivity contribution in [2.45, 2.75) is 63.1 Å². The fraction of sp³-hybridized carbons (Fsp3) is 0.333. The Hall–Kier alpha value is -3.07. The minimum absolute atomic E-state index is 0.0102. The van der Waals surface area contributed by atoms with Crippen LogP contribution in [0.4, 0.5) is 5.69 Å². The Morgan fingerprint density at radius 3 is 2.15 bits per heavy atom. The number of benzene rings is 3. The van der Waals surface area contributed by atoms with Gasteiger partial charge in [0, 0.05) is 22.6 Å². The molecule has 0 aromatic heterocycles. The molecule has 1 unspecified atom stereocenters. The van der Waals surface area contributed by atoms with E-state index in [0.717, 1.165) is 41.1 Å². The number of aryl methyl sites for hydroxylation is 1. The number of amides is 2. The number of carbonyl (C=O) groups excluding carboxylic acids is 2. The zero-order chi connectivity index (χ0) is 28.9. The second-order valence-corrected chi connectivity index (χ2v) is 12.9. The van der Waals surface area contributed by atoms with Crippen molar-refractivity contribution in [2.24, 2.45) is 0 Å². The number of nitrogens with one attached hydrogen (secondary N) is 1. The van der Waals surface area contributed by atoms with E-state index in [9.17, 15) is 18.0 Å². The molecule has 1 fully saturated rings. The lowest BCUT2D eigenvalue weighted by atomic mass is 10.1. The van der Waals surface area contributed by atoms with Crippen LogP contribution >= 0.6 is 23.2 Å². The number of hydrogen-bond acceptors (Lipinski definition) is 4. The van der Waals surface area contributed by atoms with Gasteiger partial charge in [-0.1, -0.05) is 84.1 Å². The lowest BCUT2D eigenvalue weighted by Crippen LogP contribution is -2.52. The molecule has 0 spiro atoms. The van der Waals surface area contributed by atoms with Crippen LogP contribution in [0, 0.1) is 6.92 Å². The molecule has 1 N–H and O–H groups in total. The van der Waals surface area contributed by atoms with Crippen LogP contribution in [0.1, 0.15) is 43.7 Å². The Bertz CT molecular complexity index is 1420. The standard InChI is InChI=1S/C30H33Cl2N3O4S/c1-21-12-14-23(15-13-21)19-34(22(2)30(37)33-26-8-6-7-9-26)29(36)20-35(27-17-24(31)16-25(32)18-27)40(38,39)28-10-4-3-5-11-28/h3-5,10-18,22,26H,6-9,19-20H2,1-2H3,(H,33,37).